The van der Waals surface area contributed by atoms with E-state index in [9.17, 15) is 4.79 Å². The zero-order valence-corrected chi connectivity index (χ0v) is 11.3. The number of likely N-dealkylation sites (N-methyl/N-ethyl adjacent to an activating group) is 1. The van der Waals surface area contributed by atoms with Gasteiger partial charge in [-0.25, -0.2) is 0 Å². The quantitative estimate of drug-likeness (QED) is 0.821. The van der Waals surface area contributed by atoms with Gasteiger partial charge in [0.25, 0.3) is 0 Å². The number of aryl methyl sites for hydroxylation is 1. The predicted octanol–water partition coefficient (Wildman–Crippen LogP) is 1.96. The van der Waals surface area contributed by atoms with Crippen LogP contribution in [0.4, 0.5) is 0 Å². The Bertz CT molecular complexity index is 468. The predicted molar refractivity (Wildman–Crippen MR) is 69.3 cm³/mol. The molecule has 0 N–H and O–H groups in total. The van der Waals surface area contributed by atoms with Gasteiger partial charge in [-0.1, -0.05) is 0 Å². The maximum Gasteiger partial charge on any atom is 0.161 e. The molecule has 0 saturated heterocycles. The maximum atomic E-state index is 11.8. The van der Waals surface area contributed by atoms with E-state index in [1.165, 1.54) is 0 Å². The molecule has 0 saturated carbocycles. The molecule has 0 spiro atoms. The number of carbonyl (C=O) groups is 1. The molecule has 1 aromatic rings. The Balaban J connectivity index is 2.46. The summed E-state index contributed by atoms with van der Waals surface area (Å²) in [5.41, 5.74) is 2.03. The van der Waals surface area contributed by atoms with Crippen LogP contribution in [0.2, 0.25) is 0 Å². The summed E-state index contributed by atoms with van der Waals surface area (Å²) in [5, 5.41) is 0. The zero-order valence-electron chi connectivity index (χ0n) is 11.3. The molecule has 0 bridgehead atoms. The minimum Gasteiger partial charge on any atom is -0.486 e. The van der Waals surface area contributed by atoms with Crippen molar-refractivity contribution in [1.29, 1.82) is 0 Å². The number of nitrogens with zero attached hydrogens (tertiary/aromatic N) is 1. The Morgan fingerprint density at radius 1 is 1.22 bits per heavy atom. The standard InChI is InChI=1S/C14H19NO3/c1-9-7-12-13(18-6-5-17-12)8-11(9)14(10(2)16)15(3)4/h7-8,14H,5-6H2,1-4H3. The number of hydrogen-bond acceptors (Lipinski definition) is 4. The molecule has 0 aromatic heterocycles. The monoisotopic (exact) mass is 249 g/mol. The Kier molecular flexibility index (Phi) is 3.57. The highest BCUT2D eigenvalue weighted by molar-refractivity contribution is 5.83. The summed E-state index contributed by atoms with van der Waals surface area (Å²) in [7, 11) is 3.81. The number of hydrogen-bond donors (Lipinski definition) is 0. The third-order valence-corrected chi connectivity index (χ3v) is 3.13. The van der Waals surface area contributed by atoms with Gasteiger partial charge in [-0.2, -0.15) is 0 Å². The van der Waals surface area contributed by atoms with Crippen LogP contribution in [-0.4, -0.2) is 38.0 Å². The molecule has 0 fully saturated rings. The molecular formula is C14H19NO3. The summed E-state index contributed by atoms with van der Waals surface area (Å²) in [6.45, 7) is 4.74. The average Bonchev–Trinajstić information content (AvgIpc) is 2.29. The van der Waals surface area contributed by atoms with Gasteiger partial charge in [0.05, 0.1) is 6.04 Å². The van der Waals surface area contributed by atoms with Crippen molar-refractivity contribution in [2.45, 2.75) is 19.9 Å². The molecule has 0 radical (unpaired) electrons. The number of rotatable bonds is 3. The van der Waals surface area contributed by atoms with Crippen molar-refractivity contribution in [2.75, 3.05) is 27.3 Å². The molecule has 4 heteroatoms. The number of fused-ring (bicyclic) bond motifs is 1. The number of Topliss-reactive ketones (excluding diaryl/α,β-unsaturated/α-hetero) is 1. The number of benzene rings is 1. The largest absolute Gasteiger partial charge is 0.486 e. The summed E-state index contributed by atoms with van der Waals surface area (Å²) in [6, 6.07) is 3.64. The second kappa shape index (κ2) is 4.98. The molecule has 1 heterocycles. The average molecular weight is 249 g/mol. The first kappa shape index (κ1) is 12.9. The first-order valence-corrected chi connectivity index (χ1v) is 6.07. The molecule has 1 aliphatic rings. The lowest BCUT2D eigenvalue weighted by molar-refractivity contribution is -0.121. The molecule has 4 nitrogen and oxygen atoms in total. The van der Waals surface area contributed by atoms with E-state index >= 15 is 0 Å². The Morgan fingerprint density at radius 2 is 1.78 bits per heavy atom. The van der Waals surface area contributed by atoms with Crippen LogP contribution in [0.1, 0.15) is 24.1 Å². The van der Waals surface area contributed by atoms with E-state index in [2.05, 4.69) is 0 Å². The smallest absolute Gasteiger partial charge is 0.161 e. The highest BCUT2D eigenvalue weighted by atomic mass is 16.6. The fourth-order valence-corrected chi connectivity index (χ4v) is 2.36. The van der Waals surface area contributed by atoms with Crippen LogP contribution in [0.5, 0.6) is 11.5 Å². The highest BCUT2D eigenvalue weighted by Crippen LogP contribution is 2.36. The van der Waals surface area contributed by atoms with Crippen molar-refractivity contribution in [3.05, 3.63) is 23.3 Å². The van der Waals surface area contributed by atoms with Gasteiger partial charge in [0.2, 0.25) is 0 Å². The molecule has 0 aliphatic carbocycles. The van der Waals surface area contributed by atoms with Gasteiger partial charge in [0, 0.05) is 0 Å². The van der Waals surface area contributed by atoms with E-state index in [-0.39, 0.29) is 11.8 Å². The van der Waals surface area contributed by atoms with E-state index in [0.717, 1.165) is 22.6 Å². The van der Waals surface area contributed by atoms with Gasteiger partial charge < -0.3 is 9.47 Å². The SMILES string of the molecule is CC(=O)C(c1cc2c(cc1C)OCCO2)N(C)C. The summed E-state index contributed by atoms with van der Waals surface area (Å²) in [4.78, 5) is 13.7. The van der Waals surface area contributed by atoms with Crippen LogP contribution in [-0.2, 0) is 4.79 Å². The zero-order chi connectivity index (χ0) is 13.3. The van der Waals surface area contributed by atoms with Crippen LogP contribution in [0.25, 0.3) is 0 Å². The van der Waals surface area contributed by atoms with E-state index in [1.807, 2.05) is 38.1 Å². The summed E-state index contributed by atoms with van der Waals surface area (Å²) in [5.74, 6) is 1.62. The summed E-state index contributed by atoms with van der Waals surface area (Å²) in [6.07, 6.45) is 0. The van der Waals surface area contributed by atoms with Crippen LogP contribution >= 0.6 is 0 Å². The number of ketones is 1. The molecule has 98 valence electrons. The molecule has 0 amide bonds. The van der Waals surface area contributed by atoms with E-state index in [1.54, 1.807) is 6.92 Å². The molecular weight excluding hydrogens is 230 g/mol. The van der Waals surface area contributed by atoms with Gasteiger partial charge in [-0.15, -0.1) is 0 Å². The van der Waals surface area contributed by atoms with Crippen LogP contribution in [0.3, 0.4) is 0 Å². The summed E-state index contributed by atoms with van der Waals surface area (Å²) >= 11 is 0. The molecule has 1 aliphatic heterocycles. The first-order valence-electron chi connectivity index (χ1n) is 6.07. The van der Waals surface area contributed by atoms with Crippen LogP contribution in [0, 0.1) is 6.92 Å². The maximum absolute atomic E-state index is 11.8. The summed E-state index contributed by atoms with van der Waals surface area (Å²) < 4.78 is 11.1. The van der Waals surface area contributed by atoms with Crippen molar-refractivity contribution in [2.24, 2.45) is 0 Å². The molecule has 1 aromatic carbocycles. The van der Waals surface area contributed by atoms with Crippen LogP contribution in [0.15, 0.2) is 12.1 Å². The topological polar surface area (TPSA) is 38.8 Å². The third-order valence-electron chi connectivity index (χ3n) is 3.13. The lowest BCUT2D eigenvalue weighted by Crippen LogP contribution is -2.27. The first-order chi connectivity index (χ1) is 8.50. The Labute approximate surface area is 107 Å². The van der Waals surface area contributed by atoms with Gasteiger partial charge >= 0.3 is 0 Å². The third kappa shape index (κ3) is 2.34. The second-order valence-electron chi connectivity index (χ2n) is 4.83. The molecule has 2 rings (SSSR count). The normalized spacial score (nSPS) is 15.6. The van der Waals surface area contributed by atoms with Gasteiger partial charge in [-0.05, 0) is 51.2 Å². The van der Waals surface area contributed by atoms with Crippen molar-refractivity contribution >= 4 is 5.78 Å². The van der Waals surface area contributed by atoms with Crippen LogP contribution < -0.4 is 9.47 Å². The fraction of sp³-hybridized carbons (Fsp3) is 0.500. The van der Waals surface area contributed by atoms with E-state index in [4.69, 9.17) is 9.47 Å². The van der Waals surface area contributed by atoms with Gasteiger partial charge in [0.15, 0.2) is 17.3 Å². The number of ether oxygens (including phenoxy) is 2. The van der Waals surface area contributed by atoms with Crippen molar-refractivity contribution < 1.29 is 14.3 Å². The second-order valence-corrected chi connectivity index (χ2v) is 4.83. The molecule has 1 unspecified atom stereocenters. The number of carbonyl (C=O) groups excluding carboxylic acids is 1. The lowest BCUT2D eigenvalue weighted by atomic mass is 9.97. The van der Waals surface area contributed by atoms with Crippen molar-refractivity contribution in [3.63, 3.8) is 0 Å². The van der Waals surface area contributed by atoms with E-state index < -0.39 is 0 Å². The minimum atomic E-state index is -0.235. The van der Waals surface area contributed by atoms with Crippen molar-refractivity contribution in [1.82, 2.24) is 4.90 Å². The molecule has 18 heavy (non-hydrogen) atoms. The molecule has 1 atom stereocenters. The highest BCUT2D eigenvalue weighted by Gasteiger charge is 2.24. The van der Waals surface area contributed by atoms with Gasteiger partial charge in [0.1, 0.15) is 13.2 Å². The fourth-order valence-electron chi connectivity index (χ4n) is 2.36. The Hall–Kier alpha value is -1.55. The van der Waals surface area contributed by atoms with Gasteiger partial charge in [-0.3, -0.25) is 9.69 Å². The lowest BCUT2D eigenvalue weighted by Gasteiger charge is -2.26. The minimum absolute atomic E-state index is 0.125. The Morgan fingerprint density at radius 3 is 2.28 bits per heavy atom. The van der Waals surface area contributed by atoms with Crippen molar-refractivity contribution in [3.8, 4) is 11.5 Å². The van der Waals surface area contributed by atoms with E-state index in [0.29, 0.717) is 13.2 Å².